The molecule has 1 aliphatic rings. The highest BCUT2D eigenvalue weighted by Crippen LogP contribution is 2.32. The van der Waals surface area contributed by atoms with Crippen LogP contribution in [0.4, 0.5) is 10.5 Å². The summed E-state index contributed by atoms with van der Waals surface area (Å²) < 4.78 is 17.7. The number of likely N-dealkylation sites (tertiary alicyclic amines) is 1. The van der Waals surface area contributed by atoms with E-state index in [9.17, 15) is 4.79 Å². The molecule has 2 aromatic carbocycles. The number of fused-ring (bicyclic) bond motifs is 1. The number of thiazole rings is 1. The summed E-state index contributed by atoms with van der Waals surface area (Å²) in [5.41, 5.74) is 1.42. The number of methoxy groups -OCH3 is 2. The first-order valence-electron chi connectivity index (χ1n) is 9.56. The van der Waals surface area contributed by atoms with Crippen LogP contribution in [0.5, 0.6) is 16.7 Å². The van der Waals surface area contributed by atoms with Crippen LogP contribution in [0, 0.1) is 0 Å². The Kier molecular flexibility index (Phi) is 6.15. The first-order chi connectivity index (χ1) is 14.6. The van der Waals surface area contributed by atoms with Gasteiger partial charge in [0, 0.05) is 37.0 Å². The van der Waals surface area contributed by atoms with Crippen LogP contribution in [-0.4, -0.2) is 49.3 Å². The summed E-state index contributed by atoms with van der Waals surface area (Å²) in [4.78, 5) is 19.0. The molecule has 0 spiro atoms. The maximum Gasteiger partial charge on any atom is 0.321 e. The molecule has 30 heavy (non-hydrogen) atoms. The molecule has 0 aliphatic carbocycles. The second-order valence-electron chi connectivity index (χ2n) is 6.89. The average Bonchev–Trinajstić information content (AvgIpc) is 3.15. The Hall–Kier alpha value is -2.71. The zero-order valence-electron chi connectivity index (χ0n) is 16.7. The van der Waals surface area contributed by atoms with Crippen molar-refractivity contribution in [1.82, 2.24) is 9.88 Å². The van der Waals surface area contributed by atoms with Gasteiger partial charge in [-0.1, -0.05) is 22.9 Å². The Morgan fingerprint density at radius 2 is 1.97 bits per heavy atom. The molecular formula is C21H22ClN3O4S. The van der Waals surface area contributed by atoms with E-state index in [4.69, 9.17) is 25.8 Å². The van der Waals surface area contributed by atoms with Gasteiger partial charge in [0.25, 0.3) is 5.19 Å². The van der Waals surface area contributed by atoms with Crippen molar-refractivity contribution in [2.75, 3.05) is 32.6 Å². The first-order valence-corrected chi connectivity index (χ1v) is 10.8. The molecule has 1 N–H and O–H groups in total. The third-order valence-corrected chi connectivity index (χ3v) is 6.14. The number of amides is 2. The van der Waals surface area contributed by atoms with Crippen LogP contribution in [0.25, 0.3) is 10.2 Å². The largest absolute Gasteiger partial charge is 0.497 e. The van der Waals surface area contributed by atoms with Gasteiger partial charge in [-0.3, -0.25) is 0 Å². The van der Waals surface area contributed by atoms with Crippen LogP contribution >= 0.6 is 22.9 Å². The molecule has 0 saturated carbocycles. The summed E-state index contributed by atoms with van der Waals surface area (Å²) >= 11 is 7.55. The van der Waals surface area contributed by atoms with E-state index in [0.717, 1.165) is 28.8 Å². The van der Waals surface area contributed by atoms with Gasteiger partial charge in [0.05, 0.1) is 30.1 Å². The van der Waals surface area contributed by atoms with Crippen LogP contribution in [0.3, 0.4) is 0 Å². The fourth-order valence-electron chi connectivity index (χ4n) is 3.35. The van der Waals surface area contributed by atoms with Crippen molar-refractivity contribution in [3.8, 4) is 16.7 Å². The third kappa shape index (κ3) is 4.55. The van der Waals surface area contributed by atoms with Crippen molar-refractivity contribution < 1.29 is 19.0 Å². The number of piperidine rings is 1. The highest BCUT2D eigenvalue weighted by atomic mass is 35.5. The van der Waals surface area contributed by atoms with E-state index in [1.165, 1.54) is 11.3 Å². The standard InChI is InChI=1S/C21H22ClN3O4S/c1-27-15-4-6-19-17(12-15)24-21(30-19)29-14-7-9-25(10-8-14)20(26)23-16-11-13(22)3-5-18(16)28-2/h3-6,11-12,14H,7-10H2,1-2H3,(H,23,26). The Morgan fingerprint density at radius 1 is 1.17 bits per heavy atom. The molecule has 9 heteroatoms. The van der Waals surface area contributed by atoms with Crippen LogP contribution < -0.4 is 19.5 Å². The van der Waals surface area contributed by atoms with Gasteiger partial charge in [-0.15, -0.1) is 0 Å². The highest BCUT2D eigenvalue weighted by Gasteiger charge is 2.25. The van der Waals surface area contributed by atoms with Crippen molar-refractivity contribution in [1.29, 1.82) is 0 Å². The number of hydrogen-bond acceptors (Lipinski definition) is 6. The predicted octanol–water partition coefficient (Wildman–Crippen LogP) is 5.04. The van der Waals surface area contributed by atoms with Crippen molar-refractivity contribution in [3.05, 3.63) is 41.4 Å². The number of rotatable bonds is 5. The lowest BCUT2D eigenvalue weighted by Crippen LogP contribution is -2.43. The molecule has 3 aromatic rings. The normalized spacial score (nSPS) is 14.6. The highest BCUT2D eigenvalue weighted by molar-refractivity contribution is 7.20. The molecule has 2 heterocycles. The van der Waals surface area contributed by atoms with E-state index in [2.05, 4.69) is 10.3 Å². The van der Waals surface area contributed by atoms with Crippen LogP contribution in [0.15, 0.2) is 36.4 Å². The lowest BCUT2D eigenvalue weighted by atomic mass is 10.1. The molecule has 1 aliphatic heterocycles. The SMILES string of the molecule is COc1ccc2sc(OC3CCN(C(=O)Nc4cc(Cl)ccc4OC)CC3)nc2c1. The summed E-state index contributed by atoms with van der Waals surface area (Å²) in [6.45, 7) is 1.19. The van der Waals surface area contributed by atoms with E-state index < -0.39 is 0 Å². The fourth-order valence-corrected chi connectivity index (χ4v) is 4.39. The molecule has 1 saturated heterocycles. The summed E-state index contributed by atoms with van der Waals surface area (Å²) in [6, 6.07) is 10.7. The van der Waals surface area contributed by atoms with Crippen LogP contribution in [-0.2, 0) is 0 Å². The molecule has 1 fully saturated rings. The molecular weight excluding hydrogens is 426 g/mol. The maximum atomic E-state index is 12.6. The number of hydrogen-bond donors (Lipinski definition) is 1. The van der Waals surface area contributed by atoms with Crippen LogP contribution in [0.2, 0.25) is 5.02 Å². The quantitative estimate of drug-likeness (QED) is 0.593. The second kappa shape index (κ2) is 8.97. The van der Waals surface area contributed by atoms with Gasteiger partial charge in [-0.05, 0) is 30.3 Å². The van der Waals surface area contributed by atoms with Crippen molar-refractivity contribution in [2.45, 2.75) is 18.9 Å². The molecule has 0 bridgehead atoms. The smallest absolute Gasteiger partial charge is 0.321 e. The lowest BCUT2D eigenvalue weighted by molar-refractivity contribution is 0.115. The number of urea groups is 1. The van der Waals surface area contributed by atoms with E-state index in [1.54, 1.807) is 37.3 Å². The Balaban J connectivity index is 1.33. The minimum atomic E-state index is -0.180. The molecule has 0 unspecified atom stereocenters. The van der Waals surface area contributed by atoms with Gasteiger partial charge in [0.2, 0.25) is 0 Å². The molecule has 1 aromatic heterocycles. The van der Waals surface area contributed by atoms with Crippen molar-refractivity contribution in [3.63, 3.8) is 0 Å². The maximum absolute atomic E-state index is 12.6. The number of benzene rings is 2. The predicted molar refractivity (Wildman–Crippen MR) is 118 cm³/mol. The van der Waals surface area contributed by atoms with Gasteiger partial charge >= 0.3 is 6.03 Å². The van der Waals surface area contributed by atoms with Gasteiger partial charge in [-0.2, -0.15) is 0 Å². The zero-order chi connectivity index (χ0) is 21.1. The van der Waals surface area contributed by atoms with Crippen molar-refractivity contribution in [2.24, 2.45) is 0 Å². The second-order valence-corrected chi connectivity index (χ2v) is 8.32. The Morgan fingerprint density at radius 3 is 2.70 bits per heavy atom. The average molecular weight is 448 g/mol. The molecule has 4 rings (SSSR count). The Bertz CT molecular complexity index is 1050. The van der Waals surface area contributed by atoms with E-state index in [-0.39, 0.29) is 12.1 Å². The van der Waals surface area contributed by atoms with E-state index in [0.29, 0.717) is 34.7 Å². The molecule has 7 nitrogen and oxygen atoms in total. The number of nitrogens with zero attached hydrogens (tertiary/aromatic N) is 2. The topological polar surface area (TPSA) is 72.9 Å². The van der Waals surface area contributed by atoms with Gasteiger partial charge in [0.15, 0.2) is 0 Å². The zero-order valence-corrected chi connectivity index (χ0v) is 18.3. The van der Waals surface area contributed by atoms with Crippen LogP contribution in [0.1, 0.15) is 12.8 Å². The minimum Gasteiger partial charge on any atom is -0.497 e. The summed E-state index contributed by atoms with van der Waals surface area (Å²) in [5.74, 6) is 1.34. The molecule has 158 valence electrons. The van der Waals surface area contributed by atoms with E-state index >= 15 is 0 Å². The number of ether oxygens (including phenoxy) is 3. The minimum absolute atomic E-state index is 0.0252. The van der Waals surface area contributed by atoms with Gasteiger partial charge in [-0.25, -0.2) is 9.78 Å². The molecule has 0 radical (unpaired) electrons. The number of carbonyl (C=O) groups excluding carboxylic acids is 1. The molecule has 0 atom stereocenters. The van der Waals surface area contributed by atoms with Crippen molar-refractivity contribution >= 4 is 44.9 Å². The number of nitrogens with one attached hydrogen (secondary N) is 1. The first kappa shape index (κ1) is 20.6. The van der Waals surface area contributed by atoms with E-state index in [1.807, 2.05) is 18.2 Å². The number of carbonyl (C=O) groups is 1. The lowest BCUT2D eigenvalue weighted by Gasteiger charge is -2.31. The number of aromatic nitrogens is 1. The monoisotopic (exact) mass is 447 g/mol. The summed E-state index contributed by atoms with van der Waals surface area (Å²) in [7, 11) is 3.19. The number of halogens is 1. The third-order valence-electron chi connectivity index (χ3n) is 4.97. The number of anilines is 1. The Labute approximate surface area is 183 Å². The summed E-state index contributed by atoms with van der Waals surface area (Å²) in [6.07, 6.45) is 1.50. The molecule has 2 amide bonds. The fraction of sp³-hybridized carbons (Fsp3) is 0.333. The van der Waals surface area contributed by atoms with Gasteiger partial charge < -0.3 is 24.4 Å². The summed E-state index contributed by atoms with van der Waals surface area (Å²) in [5, 5.41) is 4.06. The van der Waals surface area contributed by atoms with Gasteiger partial charge in [0.1, 0.15) is 17.6 Å².